The SMILES string of the molecule is Cc1cc(C(F)(F)F)n(C)c(=O)c1-c1ccc(C[C@H](N)C(=O)O)cc1. The topological polar surface area (TPSA) is 85.3 Å². The molecule has 25 heavy (non-hydrogen) atoms. The predicted octanol–water partition coefficient (Wildman–Crippen LogP) is 2.33. The van der Waals surface area contributed by atoms with Crippen LogP contribution in [0.4, 0.5) is 13.2 Å². The Morgan fingerprint density at radius 3 is 2.32 bits per heavy atom. The molecule has 0 saturated carbocycles. The van der Waals surface area contributed by atoms with Gasteiger partial charge < -0.3 is 15.4 Å². The number of pyridine rings is 1. The van der Waals surface area contributed by atoms with Crippen LogP contribution in [0.2, 0.25) is 0 Å². The first-order valence-electron chi connectivity index (χ1n) is 7.38. The van der Waals surface area contributed by atoms with Crippen molar-refractivity contribution in [2.75, 3.05) is 0 Å². The number of rotatable bonds is 4. The number of hydrogen-bond donors (Lipinski definition) is 2. The van der Waals surface area contributed by atoms with E-state index >= 15 is 0 Å². The summed E-state index contributed by atoms with van der Waals surface area (Å²) in [6.07, 6.45) is -4.51. The van der Waals surface area contributed by atoms with Gasteiger partial charge in [-0.25, -0.2) is 0 Å². The van der Waals surface area contributed by atoms with E-state index in [4.69, 9.17) is 10.8 Å². The van der Waals surface area contributed by atoms with Crippen LogP contribution in [0.15, 0.2) is 35.1 Å². The third-order valence-electron chi connectivity index (χ3n) is 3.93. The molecule has 0 spiro atoms. The Balaban J connectivity index is 2.45. The molecule has 2 rings (SSSR count). The standard InChI is InChI=1S/C17H17F3N2O3/c1-9-7-13(17(18,19)20)22(2)15(23)14(9)11-5-3-10(4-6-11)8-12(21)16(24)25/h3-7,12H,8,21H2,1-2H3,(H,24,25)/t12-/m0/s1. The van der Waals surface area contributed by atoms with Crippen LogP contribution >= 0.6 is 0 Å². The van der Waals surface area contributed by atoms with Gasteiger partial charge in [-0.3, -0.25) is 9.59 Å². The molecule has 0 saturated heterocycles. The highest BCUT2D eigenvalue weighted by Gasteiger charge is 2.34. The Morgan fingerprint density at radius 2 is 1.84 bits per heavy atom. The smallest absolute Gasteiger partial charge is 0.431 e. The summed E-state index contributed by atoms with van der Waals surface area (Å²) in [7, 11) is 1.08. The fourth-order valence-corrected chi connectivity index (χ4v) is 2.59. The second-order valence-electron chi connectivity index (χ2n) is 5.80. The highest BCUT2D eigenvalue weighted by atomic mass is 19.4. The minimum atomic E-state index is -4.62. The summed E-state index contributed by atoms with van der Waals surface area (Å²) in [5, 5.41) is 8.81. The Labute approximate surface area is 141 Å². The van der Waals surface area contributed by atoms with Crippen molar-refractivity contribution in [3.63, 3.8) is 0 Å². The van der Waals surface area contributed by atoms with Gasteiger partial charge >= 0.3 is 12.1 Å². The lowest BCUT2D eigenvalue weighted by atomic mass is 9.98. The number of halogens is 3. The summed E-state index contributed by atoms with van der Waals surface area (Å²) in [6.45, 7) is 1.44. The summed E-state index contributed by atoms with van der Waals surface area (Å²) < 4.78 is 39.5. The van der Waals surface area contributed by atoms with Crippen LogP contribution in [0, 0.1) is 6.92 Å². The quantitative estimate of drug-likeness (QED) is 0.882. The molecule has 1 atom stereocenters. The van der Waals surface area contributed by atoms with Crippen molar-refractivity contribution in [1.29, 1.82) is 0 Å². The first kappa shape index (κ1) is 18.7. The Morgan fingerprint density at radius 1 is 1.28 bits per heavy atom. The van der Waals surface area contributed by atoms with Crippen LogP contribution in [0.25, 0.3) is 11.1 Å². The van der Waals surface area contributed by atoms with Crippen LogP contribution in [-0.2, 0) is 24.4 Å². The first-order chi connectivity index (χ1) is 11.5. The summed E-state index contributed by atoms with van der Waals surface area (Å²) >= 11 is 0. The van der Waals surface area contributed by atoms with Crippen molar-refractivity contribution in [2.45, 2.75) is 25.6 Å². The number of alkyl halides is 3. The first-order valence-corrected chi connectivity index (χ1v) is 7.38. The maximum Gasteiger partial charge on any atom is 0.431 e. The second-order valence-corrected chi connectivity index (χ2v) is 5.80. The van der Waals surface area contributed by atoms with Crippen molar-refractivity contribution in [2.24, 2.45) is 12.8 Å². The molecule has 0 aliphatic carbocycles. The lowest BCUT2D eigenvalue weighted by Crippen LogP contribution is -2.32. The molecule has 134 valence electrons. The van der Waals surface area contributed by atoms with E-state index < -0.39 is 29.4 Å². The number of nitrogens with two attached hydrogens (primary N) is 1. The van der Waals surface area contributed by atoms with Gasteiger partial charge in [-0.1, -0.05) is 24.3 Å². The van der Waals surface area contributed by atoms with Gasteiger partial charge in [0.15, 0.2) is 0 Å². The van der Waals surface area contributed by atoms with E-state index in [2.05, 4.69) is 0 Å². The molecule has 0 amide bonds. The number of aliphatic carboxylic acids is 1. The Bertz CT molecular complexity index is 855. The molecule has 8 heteroatoms. The van der Waals surface area contributed by atoms with E-state index in [1.165, 1.54) is 6.92 Å². The number of nitrogens with zero attached hydrogens (tertiary/aromatic N) is 1. The molecule has 3 N–H and O–H groups in total. The molecular weight excluding hydrogens is 337 g/mol. The molecule has 0 bridgehead atoms. The highest BCUT2D eigenvalue weighted by molar-refractivity contribution is 5.73. The van der Waals surface area contributed by atoms with Gasteiger partial charge in [-0.2, -0.15) is 13.2 Å². The van der Waals surface area contributed by atoms with E-state index in [1.807, 2.05) is 0 Å². The van der Waals surface area contributed by atoms with Crippen LogP contribution in [0.5, 0.6) is 0 Å². The molecule has 1 heterocycles. The summed E-state index contributed by atoms with van der Waals surface area (Å²) in [6, 6.07) is 6.24. The molecule has 5 nitrogen and oxygen atoms in total. The molecule has 0 aliphatic heterocycles. The number of benzene rings is 1. The van der Waals surface area contributed by atoms with Crippen molar-refractivity contribution >= 4 is 5.97 Å². The molecule has 0 fully saturated rings. The Kier molecular flexibility index (Phi) is 5.03. The molecule has 1 aromatic carbocycles. The van der Waals surface area contributed by atoms with Crippen molar-refractivity contribution in [3.05, 3.63) is 57.5 Å². The summed E-state index contributed by atoms with van der Waals surface area (Å²) in [4.78, 5) is 23.1. The van der Waals surface area contributed by atoms with E-state index in [0.717, 1.165) is 13.1 Å². The fraction of sp³-hybridized carbons (Fsp3) is 0.294. The van der Waals surface area contributed by atoms with E-state index in [9.17, 15) is 22.8 Å². The largest absolute Gasteiger partial charge is 0.480 e. The van der Waals surface area contributed by atoms with Gasteiger partial charge in [0.05, 0.1) is 5.56 Å². The van der Waals surface area contributed by atoms with Gasteiger partial charge in [0.1, 0.15) is 11.7 Å². The number of carboxylic acids is 1. The van der Waals surface area contributed by atoms with E-state index in [-0.39, 0.29) is 17.5 Å². The Hall–Kier alpha value is -2.61. The zero-order valence-electron chi connectivity index (χ0n) is 13.6. The monoisotopic (exact) mass is 354 g/mol. The van der Waals surface area contributed by atoms with Crippen molar-refractivity contribution in [3.8, 4) is 11.1 Å². The van der Waals surface area contributed by atoms with Gasteiger partial charge in [-0.15, -0.1) is 0 Å². The zero-order valence-corrected chi connectivity index (χ0v) is 13.6. The summed E-state index contributed by atoms with van der Waals surface area (Å²) in [5.41, 5.74) is 5.20. The number of carboxylic acid groups (broad SMARTS) is 1. The fourth-order valence-electron chi connectivity index (χ4n) is 2.59. The van der Waals surface area contributed by atoms with Gasteiger partial charge in [0.25, 0.3) is 5.56 Å². The van der Waals surface area contributed by atoms with Gasteiger partial charge in [-0.05, 0) is 36.1 Å². The third kappa shape index (κ3) is 3.90. The maximum absolute atomic E-state index is 13.0. The zero-order chi connectivity index (χ0) is 18.9. The molecular formula is C17H17F3N2O3. The van der Waals surface area contributed by atoms with Crippen LogP contribution in [0.3, 0.4) is 0 Å². The van der Waals surface area contributed by atoms with E-state index in [1.54, 1.807) is 24.3 Å². The highest BCUT2D eigenvalue weighted by Crippen LogP contribution is 2.31. The average molecular weight is 354 g/mol. The van der Waals surface area contributed by atoms with Crippen LogP contribution in [-0.4, -0.2) is 21.7 Å². The lowest BCUT2D eigenvalue weighted by molar-refractivity contribution is -0.143. The third-order valence-corrected chi connectivity index (χ3v) is 3.93. The molecule has 0 unspecified atom stereocenters. The summed E-state index contributed by atoms with van der Waals surface area (Å²) in [5.74, 6) is -1.13. The number of carbonyl (C=O) groups is 1. The minimum absolute atomic E-state index is 0.111. The average Bonchev–Trinajstić information content (AvgIpc) is 2.51. The normalized spacial score (nSPS) is 12.9. The minimum Gasteiger partial charge on any atom is -0.480 e. The van der Waals surface area contributed by atoms with Gasteiger partial charge in [0.2, 0.25) is 0 Å². The van der Waals surface area contributed by atoms with Crippen LogP contribution < -0.4 is 11.3 Å². The predicted molar refractivity (Wildman–Crippen MR) is 86.2 cm³/mol. The number of aromatic nitrogens is 1. The van der Waals surface area contributed by atoms with Crippen LogP contribution in [0.1, 0.15) is 16.8 Å². The molecule has 2 aromatic rings. The molecule has 0 aliphatic rings. The van der Waals surface area contributed by atoms with Crippen molar-refractivity contribution in [1.82, 2.24) is 4.57 Å². The molecule has 1 aromatic heterocycles. The number of aryl methyl sites for hydroxylation is 1. The van der Waals surface area contributed by atoms with Crippen molar-refractivity contribution < 1.29 is 23.1 Å². The van der Waals surface area contributed by atoms with Gasteiger partial charge in [0, 0.05) is 7.05 Å². The lowest BCUT2D eigenvalue weighted by Gasteiger charge is -2.16. The van der Waals surface area contributed by atoms with E-state index in [0.29, 0.717) is 15.7 Å². The number of hydrogen-bond acceptors (Lipinski definition) is 3. The second kappa shape index (κ2) is 6.72. The molecule has 0 radical (unpaired) electrons. The maximum atomic E-state index is 13.0.